The minimum atomic E-state index is -0.274. The number of nitrogens with zero attached hydrogens (tertiary/aromatic N) is 1. The number of rotatable bonds is 6. The summed E-state index contributed by atoms with van der Waals surface area (Å²) in [6.45, 7) is 3.89. The Balaban J connectivity index is 2.17. The highest BCUT2D eigenvalue weighted by Gasteiger charge is 2.08. The van der Waals surface area contributed by atoms with E-state index in [4.69, 9.17) is 4.74 Å². The molecular weight excluding hydrogens is 265 g/mol. The van der Waals surface area contributed by atoms with E-state index in [1.54, 1.807) is 16.7 Å². The molecule has 1 heterocycles. The number of benzene rings is 1. The Hall–Kier alpha value is -1.46. The summed E-state index contributed by atoms with van der Waals surface area (Å²) in [7, 11) is 0. The standard InChI is InChI=1S/C14H16FNO2S/c1-2-18-9-3-8-16-13(10-19-14(16)17)11-4-6-12(15)7-5-11/h4-7,10H,2-3,8-9H2,1H3. The highest BCUT2D eigenvalue weighted by atomic mass is 32.1. The molecule has 2 rings (SSSR count). The Morgan fingerprint density at radius 1 is 1.32 bits per heavy atom. The summed E-state index contributed by atoms with van der Waals surface area (Å²) in [6.07, 6.45) is 0.790. The van der Waals surface area contributed by atoms with Crippen molar-refractivity contribution in [3.63, 3.8) is 0 Å². The van der Waals surface area contributed by atoms with E-state index in [2.05, 4.69) is 0 Å². The van der Waals surface area contributed by atoms with Gasteiger partial charge >= 0.3 is 4.87 Å². The molecular formula is C14H16FNO2S. The van der Waals surface area contributed by atoms with Gasteiger partial charge in [0.15, 0.2) is 0 Å². The van der Waals surface area contributed by atoms with Crippen LogP contribution in [0.4, 0.5) is 4.39 Å². The summed E-state index contributed by atoms with van der Waals surface area (Å²) in [4.78, 5) is 11.8. The van der Waals surface area contributed by atoms with Crippen molar-refractivity contribution < 1.29 is 9.13 Å². The van der Waals surface area contributed by atoms with Crippen LogP contribution in [0.1, 0.15) is 13.3 Å². The third-order valence-corrected chi connectivity index (χ3v) is 3.56. The summed E-state index contributed by atoms with van der Waals surface area (Å²) in [6, 6.07) is 6.19. The highest BCUT2D eigenvalue weighted by molar-refractivity contribution is 7.07. The molecule has 0 aliphatic rings. The van der Waals surface area contributed by atoms with E-state index in [0.717, 1.165) is 17.7 Å². The Labute approximate surface area is 115 Å². The van der Waals surface area contributed by atoms with Gasteiger partial charge in [-0.25, -0.2) is 4.39 Å². The smallest absolute Gasteiger partial charge is 0.307 e. The highest BCUT2D eigenvalue weighted by Crippen LogP contribution is 2.20. The molecule has 0 bridgehead atoms. The molecule has 0 unspecified atom stereocenters. The number of aromatic nitrogens is 1. The largest absolute Gasteiger partial charge is 0.382 e. The number of hydrogen-bond donors (Lipinski definition) is 0. The second kappa shape index (κ2) is 6.63. The molecule has 2 aromatic rings. The molecule has 0 fully saturated rings. The predicted octanol–water partition coefficient (Wildman–Crippen LogP) is 3.14. The van der Waals surface area contributed by atoms with Gasteiger partial charge in [-0.1, -0.05) is 11.3 Å². The molecule has 0 aliphatic carbocycles. The van der Waals surface area contributed by atoms with Crippen molar-refractivity contribution in [3.05, 3.63) is 45.1 Å². The van der Waals surface area contributed by atoms with Crippen molar-refractivity contribution in [2.24, 2.45) is 0 Å². The Morgan fingerprint density at radius 3 is 2.74 bits per heavy atom. The molecule has 1 aromatic heterocycles. The quantitative estimate of drug-likeness (QED) is 0.762. The summed E-state index contributed by atoms with van der Waals surface area (Å²) >= 11 is 1.17. The average Bonchev–Trinajstić information content (AvgIpc) is 2.77. The number of thiazole rings is 1. The van der Waals surface area contributed by atoms with E-state index in [-0.39, 0.29) is 10.7 Å². The van der Waals surface area contributed by atoms with Crippen LogP contribution in [0, 0.1) is 5.82 Å². The first-order chi connectivity index (χ1) is 9.22. The zero-order valence-corrected chi connectivity index (χ0v) is 11.6. The lowest BCUT2D eigenvalue weighted by Gasteiger charge is -2.07. The number of halogens is 1. The van der Waals surface area contributed by atoms with E-state index in [1.165, 1.54) is 23.5 Å². The molecule has 0 atom stereocenters. The van der Waals surface area contributed by atoms with Crippen molar-refractivity contribution in [3.8, 4) is 11.3 Å². The van der Waals surface area contributed by atoms with E-state index in [9.17, 15) is 9.18 Å². The summed E-state index contributed by atoms with van der Waals surface area (Å²) < 4.78 is 19.9. The van der Waals surface area contributed by atoms with Gasteiger partial charge in [-0.05, 0) is 43.2 Å². The van der Waals surface area contributed by atoms with Crippen LogP contribution in [0.2, 0.25) is 0 Å². The maximum absolute atomic E-state index is 12.9. The summed E-state index contributed by atoms with van der Waals surface area (Å²) in [5.74, 6) is -0.274. The maximum atomic E-state index is 12.9. The SMILES string of the molecule is CCOCCCn1c(-c2ccc(F)cc2)csc1=O. The molecule has 3 nitrogen and oxygen atoms in total. The van der Waals surface area contributed by atoms with Gasteiger partial charge in [0.05, 0.1) is 5.69 Å². The molecule has 5 heteroatoms. The molecule has 1 aromatic carbocycles. The fourth-order valence-corrected chi connectivity index (χ4v) is 2.65. The van der Waals surface area contributed by atoms with Crippen LogP contribution in [-0.2, 0) is 11.3 Å². The van der Waals surface area contributed by atoms with Gasteiger partial charge in [-0.2, -0.15) is 0 Å². The molecule has 0 N–H and O–H groups in total. The average molecular weight is 281 g/mol. The van der Waals surface area contributed by atoms with Gasteiger partial charge in [-0.15, -0.1) is 0 Å². The molecule has 19 heavy (non-hydrogen) atoms. The van der Waals surface area contributed by atoms with Gasteiger partial charge < -0.3 is 4.74 Å². The van der Waals surface area contributed by atoms with Gasteiger partial charge in [0.2, 0.25) is 0 Å². The van der Waals surface area contributed by atoms with Crippen molar-refractivity contribution in [1.82, 2.24) is 4.57 Å². The first kappa shape index (κ1) is 14.0. The Morgan fingerprint density at radius 2 is 2.05 bits per heavy atom. The number of hydrogen-bond acceptors (Lipinski definition) is 3. The van der Waals surface area contributed by atoms with Crippen molar-refractivity contribution >= 4 is 11.3 Å². The second-order valence-corrected chi connectivity index (χ2v) is 4.92. The zero-order valence-electron chi connectivity index (χ0n) is 10.8. The molecule has 0 radical (unpaired) electrons. The lowest BCUT2D eigenvalue weighted by molar-refractivity contribution is 0.141. The van der Waals surface area contributed by atoms with Gasteiger partial charge in [-0.3, -0.25) is 9.36 Å². The van der Waals surface area contributed by atoms with E-state index < -0.39 is 0 Å². The Bertz CT molecular complexity index is 574. The third-order valence-electron chi connectivity index (χ3n) is 2.80. The van der Waals surface area contributed by atoms with Gasteiger partial charge in [0.25, 0.3) is 0 Å². The van der Waals surface area contributed by atoms with E-state index in [1.807, 2.05) is 12.3 Å². The first-order valence-corrected chi connectivity index (χ1v) is 7.12. The lowest BCUT2D eigenvalue weighted by Crippen LogP contribution is -2.15. The monoisotopic (exact) mass is 281 g/mol. The van der Waals surface area contributed by atoms with E-state index >= 15 is 0 Å². The Kier molecular flexibility index (Phi) is 4.87. The third kappa shape index (κ3) is 3.52. The van der Waals surface area contributed by atoms with Crippen LogP contribution in [0.5, 0.6) is 0 Å². The topological polar surface area (TPSA) is 31.2 Å². The zero-order chi connectivity index (χ0) is 13.7. The second-order valence-electron chi connectivity index (χ2n) is 4.10. The summed E-state index contributed by atoms with van der Waals surface area (Å²) in [5, 5.41) is 1.82. The predicted molar refractivity (Wildman–Crippen MR) is 75.1 cm³/mol. The van der Waals surface area contributed by atoms with Gasteiger partial charge in [0.1, 0.15) is 5.82 Å². The van der Waals surface area contributed by atoms with Crippen LogP contribution in [0.3, 0.4) is 0 Å². The van der Waals surface area contributed by atoms with Crippen LogP contribution < -0.4 is 4.87 Å². The lowest BCUT2D eigenvalue weighted by atomic mass is 10.1. The van der Waals surface area contributed by atoms with Crippen LogP contribution >= 0.6 is 11.3 Å². The molecule has 0 saturated heterocycles. The van der Waals surface area contributed by atoms with Crippen LogP contribution in [-0.4, -0.2) is 17.8 Å². The molecule has 102 valence electrons. The van der Waals surface area contributed by atoms with Crippen LogP contribution in [0.25, 0.3) is 11.3 Å². The maximum Gasteiger partial charge on any atom is 0.307 e. The van der Waals surface area contributed by atoms with E-state index in [0.29, 0.717) is 19.8 Å². The first-order valence-electron chi connectivity index (χ1n) is 6.24. The van der Waals surface area contributed by atoms with Crippen molar-refractivity contribution in [1.29, 1.82) is 0 Å². The van der Waals surface area contributed by atoms with Crippen molar-refractivity contribution in [2.75, 3.05) is 13.2 Å². The number of ether oxygens (including phenoxy) is 1. The minimum Gasteiger partial charge on any atom is -0.382 e. The fraction of sp³-hybridized carbons (Fsp3) is 0.357. The van der Waals surface area contributed by atoms with Crippen molar-refractivity contribution in [2.45, 2.75) is 19.9 Å². The molecule has 0 spiro atoms. The van der Waals surface area contributed by atoms with Gasteiger partial charge in [0, 0.05) is 25.1 Å². The normalized spacial score (nSPS) is 10.8. The fourth-order valence-electron chi connectivity index (χ4n) is 1.86. The minimum absolute atomic E-state index is 0.0100. The summed E-state index contributed by atoms with van der Waals surface area (Å²) in [5.41, 5.74) is 1.70. The molecule has 0 saturated carbocycles. The molecule has 0 aliphatic heterocycles. The van der Waals surface area contributed by atoms with Crippen LogP contribution in [0.15, 0.2) is 34.4 Å². The molecule has 0 amide bonds.